The molecule has 1 heterocycles. The van der Waals surface area contributed by atoms with E-state index in [1.165, 1.54) is 80.3 Å². The Morgan fingerprint density at radius 3 is 1.27 bits per heavy atom. The summed E-state index contributed by atoms with van der Waals surface area (Å²) in [6.07, 6.45) is 13.9. The molecule has 0 spiro atoms. The van der Waals surface area contributed by atoms with E-state index in [0.29, 0.717) is 56.2 Å². The normalized spacial score (nSPS) is 16.6. The van der Waals surface area contributed by atoms with Crippen molar-refractivity contribution in [3.8, 4) is 0 Å². The number of carbonyl (C=O) groups excluding carboxylic acids is 1. The highest BCUT2D eigenvalue weighted by Crippen LogP contribution is 2.26. The standard InChI is InChI=1S/C57H102ClN3O13/c1-12-13-14-15-16-17-18-19-20-21-22-23-24-25-30-54(74-41-51(11)73-40-50(10)72-39-49(9)70-37-46(6)67-34-43(3)63)56-59-53-29-27-26-28-52(53)57(65)61(56)60(55(64)31-58)32-44(4)68-35-47(7)71-38-48(8)69-36-45(5)66-33-42(2)62/h26-29,42-51,54,62-63H,12-25,30-41H2,1-11H3. The van der Waals surface area contributed by atoms with Crippen molar-refractivity contribution in [1.29, 1.82) is 0 Å². The maximum atomic E-state index is 14.7. The number of carbonyl (C=O) groups is 1. The van der Waals surface area contributed by atoms with Crippen molar-refractivity contribution < 1.29 is 57.6 Å². The van der Waals surface area contributed by atoms with Crippen molar-refractivity contribution in [3.63, 3.8) is 0 Å². The number of para-hydroxylation sites is 1. The van der Waals surface area contributed by atoms with E-state index in [4.69, 9.17) is 59.2 Å². The molecule has 1 aromatic heterocycles. The predicted octanol–water partition coefficient (Wildman–Crippen LogP) is 10.0. The molecular weight excluding hydrogens is 970 g/mol. The van der Waals surface area contributed by atoms with E-state index in [0.717, 1.165) is 19.3 Å². The average Bonchev–Trinajstić information content (AvgIpc) is 3.38. The highest BCUT2D eigenvalue weighted by atomic mass is 35.5. The van der Waals surface area contributed by atoms with E-state index in [2.05, 4.69) is 6.92 Å². The Bertz CT molecular complexity index is 1770. The molecule has 11 atom stereocenters. The van der Waals surface area contributed by atoms with Gasteiger partial charge in [-0.1, -0.05) is 109 Å². The number of amides is 1. The highest BCUT2D eigenvalue weighted by molar-refractivity contribution is 6.28. The van der Waals surface area contributed by atoms with Crippen LogP contribution in [0.15, 0.2) is 29.1 Å². The molecule has 0 saturated carbocycles. The molecule has 1 aromatic carbocycles. The molecule has 0 bridgehead atoms. The molecule has 2 N–H and O–H groups in total. The molecule has 17 heteroatoms. The number of benzene rings is 1. The lowest BCUT2D eigenvalue weighted by Gasteiger charge is -2.31. The number of hydrogen-bond acceptors (Lipinski definition) is 14. The summed E-state index contributed by atoms with van der Waals surface area (Å²) in [6.45, 7) is 23.6. The van der Waals surface area contributed by atoms with Crippen molar-refractivity contribution in [1.82, 2.24) is 9.66 Å². The third-order valence-corrected chi connectivity index (χ3v) is 12.7. The summed E-state index contributed by atoms with van der Waals surface area (Å²) in [5.41, 5.74) is 0.0966. The lowest BCUT2D eigenvalue weighted by molar-refractivity contribution is -0.119. The van der Waals surface area contributed by atoms with Crippen LogP contribution in [0.4, 0.5) is 0 Å². The second kappa shape index (κ2) is 40.8. The first kappa shape index (κ1) is 67.8. The molecule has 0 fully saturated rings. The van der Waals surface area contributed by atoms with Crippen molar-refractivity contribution in [3.05, 3.63) is 40.4 Å². The van der Waals surface area contributed by atoms with E-state index in [1.807, 2.05) is 61.5 Å². The quantitative estimate of drug-likeness (QED) is 0.0473. The van der Waals surface area contributed by atoms with Crippen LogP contribution < -0.4 is 10.6 Å². The topological polar surface area (TPSA) is 179 Å². The Kier molecular flexibility index (Phi) is 37.4. The monoisotopic (exact) mass is 1070 g/mol. The van der Waals surface area contributed by atoms with Gasteiger partial charge in [-0.2, -0.15) is 4.68 Å². The number of rotatable bonds is 47. The number of halogens is 1. The molecule has 0 saturated heterocycles. The van der Waals surface area contributed by atoms with Gasteiger partial charge in [-0.15, -0.1) is 11.6 Å². The number of ether oxygens (including phenoxy) is 9. The highest BCUT2D eigenvalue weighted by Gasteiger charge is 2.29. The van der Waals surface area contributed by atoms with Gasteiger partial charge in [0.05, 0.1) is 138 Å². The molecule has 16 nitrogen and oxygen atoms in total. The molecule has 0 radical (unpaired) electrons. The Morgan fingerprint density at radius 1 is 0.527 bits per heavy atom. The summed E-state index contributed by atoms with van der Waals surface area (Å²) >= 11 is 6.32. The summed E-state index contributed by atoms with van der Waals surface area (Å²) in [5, 5.41) is 20.7. The Balaban J connectivity index is 2.21. The lowest BCUT2D eigenvalue weighted by Crippen LogP contribution is -2.52. The molecule has 2 aromatic rings. The van der Waals surface area contributed by atoms with Gasteiger partial charge < -0.3 is 52.8 Å². The molecule has 0 aliphatic rings. The van der Waals surface area contributed by atoms with Crippen LogP contribution in [0.2, 0.25) is 0 Å². The van der Waals surface area contributed by atoms with Gasteiger partial charge >= 0.3 is 0 Å². The van der Waals surface area contributed by atoms with E-state index in [-0.39, 0.29) is 81.6 Å². The molecule has 0 aliphatic heterocycles. The maximum Gasteiger partial charge on any atom is 0.280 e. The van der Waals surface area contributed by atoms with Crippen LogP contribution in [0.5, 0.6) is 0 Å². The first-order valence-corrected chi connectivity index (χ1v) is 28.8. The summed E-state index contributed by atoms with van der Waals surface area (Å²) < 4.78 is 55.6. The molecule has 0 aliphatic carbocycles. The van der Waals surface area contributed by atoms with Crippen molar-refractivity contribution >= 4 is 28.4 Å². The van der Waals surface area contributed by atoms with Crippen LogP contribution in [0.1, 0.15) is 184 Å². The second-order valence-electron chi connectivity index (χ2n) is 20.8. The van der Waals surface area contributed by atoms with Crippen LogP contribution >= 0.6 is 11.6 Å². The number of fused-ring (bicyclic) bond motifs is 1. The van der Waals surface area contributed by atoms with Crippen LogP contribution in [-0.4, -0.2) is 159 Å². The van der Waals surface area contributed by atoms with Gasteiger partial charge in [0, 0.05) is 0 Å². The molecule has 1 amide bonds. The van der Waals surface area contributed by atoms with Gasteiger partial charge in [0.1, 0.15) is 12.0 Å². The first-order valence-electron chi connectivity index (χ1n) is 28.2. The molecular formula is C57H102ClN3O13. The maximum absolute atomic E-state index is 14.7. The third kappa shape index (κ3) is 30.6. The zero-order valence-corrected chi connectivity index (χ0v) is 48.4. The number of aliphatic hydroxyl groups excluding tert-OH is 2. The average molecular weight is 1070 g/mol. The Hall–Kier alpha value is -2.32. The summed E-state index contributed by atoms with van der Waals surface area (Å²) in [7, 11) is 0. The smallest absolute Gasteiger partial charge is 0.280 e. The van der Waals surface area contributed by atoms with E-state index < -0.39 is 35.9 Å². The van der Waals surface area contributed by atoms with Crippen molar-refractivity contribution in [2.45, 2.75) is 240 Å². The molecule has 11 unspecified atom stereocenters. The predicted molar refractivity (Wildman–Crippen MR) is 295 cm³/mol. The SMILES string of the molecule is CCCCCCCCCCCCCCCCC(OCC(C)OCC(C)OCC(C)OCC(C)OCC(C)O)c1nc2ccccc2c(=O)n1N(CC(C)OCC(C)OCC(C)OCC(C)OCC(C)O)C(=O)CCl. The first-order chi connectivity index (χ1) is 35.4. The molecule has 2 rings (SSSR count). The minimum absolute atomic E-state index is 0.0114. The lowest BCUT2D eigenvalue weighted by atomic mass is 10.0. The van der Waals surface area contributed by atoms with E-state index >= 15 is 0 Å². The largest absolute Gasteiger partial charge is 0.391 e. The van der Waals surface area contributed by atoms with E-state index in [1.54, 1.807) is 32.0 Å². The van der Waals surface area contributed by atoms with Gasteiger partial charge in [-0.25, -0.2) is 9.99 Å². The number of unbranched alkanes of at least 4 members (excludes halogenated alkanes) is 13. The van der Waals surface area contributed by atoms with Crippen molar-refractivity contribution in [2.24, 2.45) is 0 Å². The fourth-order valence-electron chi connectivity index (χ4n) is 8.05. The minimum Gasteiger partial charge on any atom is -0.391 e. The van der Waals surface area contributed by atoms with Gasteiger partial charge in [0.15, 0.2) is 5.82 Å². The Morgan fingerprint density at radius 2 is 0.878 bits per heavy atom. The number of aliphatic hydroxyl groups is 2. The number of alkyl halides is 1. The second-order valence-corrected chi connectivity index (χ2v) is 21.0. The Labute approximate surface area is 451 Å². The summed E-state index contributed by atoms with van der Waals surface area (Å²) in [5.74, 6) is -0.540. The van der Waals surface area contributed by atoms with Gasteiger partial charge in [0.2, 0.25) is 0 Å². The van der Waals surface area contributed by atoms with Gasteiger partial charge in [0.25, 0.3) is 11.5 Å². The van der Waals surface area contributed by atoms with Crippen molar-refractivity contribution in [2.75, 3.05) is 76.9 Å². The van der Waals surface area contributed by atoms with Crippen LogP contribution in [0.25, 0.3) is 10.9 Å². The van der Waals surface area contributed by atoms with Gasteiger partial charge in [-0.05, 0) is 87.8 Å². The molecule has 430 valence electrons. The fourth-order valence-corrected chi connectivity index (χ4v) is 8.19. The van der Waals surface area contributed by atoms with E-state index in [9.17, 15) is 19.8 Å². The van der Waals surface area contributed by atoms with Crippen LogP contribution in [-0.2, 0) is 47.4 Å². The van der Waals surface area contributed by atoms with Crippen LogP contribution in [0.3, 0.4) is 0 Å². The zero-order chi connectivity index (χ0) is 54.7. The number of hydrogen-bond donors (Lipinski definition) is 2. The fraction of sp³-hybridized carbons (Fsp3) is 0.842. The summed E-state index contributed by atoms with van der Waals surface area (Å²) in [4.78, 5) is 33.7. The zero-order valence-electron chi connectivity index (χ0n) is 47.6. The molecule has 74 heavy (non-hydrogen) atoms. The van der Waals surface area contributed by atoms with Crippen LogP contribution in [0, 0.1) is 0 Å². The van der Waals surface area contributed by atoms with Gasteiger partial charge in [-0.3, -0.25) is 9.59 Å². The number of nitrogens with zero attached hydrogens (tertiary/aromatic N) is 3. The number of aromatic nitrogens is 2. The third-order valence-electron chi connectivity index (χ3n) is 12.4. The minimum atomic E-state index is -0.665. The summed E-state index contributed by atoms with van der Waals surface area (Å²) in [6, 6.07) is 7.14.